The number of halogens is 6. The highest BCUT2D eigenvalue weighted by Gasteiger charge is 2.32. The SMILES string of the molecule is O=S(=O)(Cl)c1c(Cl)c(Cl)c(Cl)c(S(=O)(=O)Cl)c1Cl. The summed E-state index contributed by atoms with van der Waals surface area (Å²) >= 11 is 22.4. The summed E-state index contributed by atoms with van der Waals surface area (Å²) in [5.41, 5.74) is 0. The predicted molar refractivity (Wildman–Crippen MR) is 72.6 cm³/mol. The van der Waals surface area contributed by atoms with E-state index in [4.69, 9.17) is 67.8 Å². The highest BCUT2D eigenvalue weighted by atomic mass is 35.7. The Bertz CT molecular complexity index is 664. The van der Waals surface area contributed by atoms with Gasteiger partial charge in [0.2, 0.25) is 0 Å². The van der Waals surface area contributed by atoms with Crippen LogP contribution in [0.5, 0.6) is 0 Å². The van der Waals surface area contributed by atoms with E-state index in [9.17, 15) is 16.8 Å². The molecule has 0 N–H and O–H groups in total. The Hall–Kier alpha value is 0.860. The van der Waals surface area contributed by atoms with E-state index in [-0.39, 0.29) is 0 Å². The average Bonchev–Trinajstić information content (AvgIpc) is 2.09. The van der Waals surface area contributed by atoms with Gasteiger partial charge < -0.3 is 0 Å². The van der Waals surface area contributed by atoms with Gasteiger partial charge >= 0.3 is 0 Å². The minimum atomic E-state index is -4.44. The summed E-state index contributed by atoms with van der Waals surface area (Å²) in [5.74, 6) is 0. The molecule has 0 amide bonds. The highest BCUT2D eigenvalue weighted by Crippen LogP contribution is 2.47. The van der Waals surface area contributed by atoms with Gasteiger partial charge in [-0.1, -0.05) is 46.4 Å². The fourth-order valence-electron chi connectivity index (χ4n) is 1.02. The lowest BCUT2D eigenvalue weighted by atomic mass is 10.3. The van der Waals surface area contributed by atoms with E-state index >= 15 is 0 Å². The van der Waals surface area contributed by atoms with Gasteiger partial charge in [-0.2, -0.15) is 0 Å². The largest absolute Gasteiger partial charge is 0.264 e. The molecular formula is C6Cl6O4S2. The molecule has 0 aliphatic rings. The Kier molecular flexibility index (Phi) is 5.01. The van der Waals surface area contributed by atoms with Crippen LogP contribution in [0.25, 0.3) is 0 Å². The van der Waals surface area contributed by atoms with Gasteiger partial charge in [-0.15, -0.1) is 0 Å². The van der Waals surface area contributed by atoms with Crippen LogP contribution in [0.1, 0.15) is 0 Å². The number of hydrogen-bond donors (Lipinski definition) is 0. The Morgan fingerprint density at radius 3 is 1.06 bits per heavy atom. The van der Waals surface area contributed by atoms with Gasteiger partial charge in [-0.25, -0.2) is 16.8 Å². The molecule has 1 aromatic rings. The zero-order valence-corrected chi connectivity index (χ0v) is 13.9. The first-order chi connectivity index (χ1) is 7.89. The minimum absolute atomic E-state index is 0.541. The van der Waals surface area contributed by atoms with E-state index in [1.54, 1.807) is 0 Å². The zero-order valence-electron chi connectivity index (χ0n) is 7.72. The van der Waals surface area contributed by atoms with E-state index in [1.165, 1.54) is 0 Å². The van der Waals surface area contributed by atoms with Crippen LogP contribution in [-0.4, -0.2) is 16.8 Å². The van der Waals surface area contributed by atoms with Crippen LogP contribution in [0, 0.1) is 0 Å². The van der Waals surface area contributed by atoms with Gasteiger partial charge in [0.05, 0.1) is 20.1 Å². The lowest BCUT2D eigenvalue weighted by molar-refractivity contribution is 0.608. The molecule has 4 nitrogen and oxygen atoms in total. The molecule has 1 rings (SSSR count). The highest BCUT2D eigenvalue weighted by molar-refractivity contribution is 8.14. The standard InChI is InChI=1S/C6Cl6O4S2/c7-1-2(8)5(17(11,13)14)4(10)6(3(1)9)18(12,15)16. The quantitative estimate of drug-likeness (QED) is 0.415. The van der Waals surface area contributed by atoms with Crippen molar-refractivity contribution in [3.63, 3.8) is 0 Å². The van der Waals surface area contributed by atoms with E-state index in [0.717, 1.165) is 0 Å². The Balaban J connectivity index is 4.09. The molecule has 0 bridgehead atoms. The van der Waals surface area contributed by atoms with Crippen molar-refractivity contribution in [2.24, 2.45) is 0 Å². The molecule has 102 valence electrons. The first-order valence-corrected chi connectivity index (χ1v) is 9.77. The number of rotatable bonds is 2. The third-order valence-corrected chi connectivity index (χ3v) is 6.54. The second-order valence-corrected chi connectivity index (χ2v) is 9.31. The van der Waals surface area contributed by atoms with Crippen LogP contribution in [-0.2, 0) is 18.1 Å². The van der Waals surface area contributed by atoms with Crippen molar-refractivity contribution in [3.8, 4) is 0 Å². The van der Waals surface area contributed by atoms with Gasteiger partial charge in [-0.3, -0.25) is 0 Å². The van der Waals surface area contributed by atoms with Gasteiger partial charge in [0.1, 0.15) is 9.79 Å². The number of hydrogen-bond acceptors (Lipinski definition) is 4. The topological polar surface area (TPSA) is 68.3 Å². The summed E-state index contributed by atoms with van der Waals surface area (Å²) in [7, 11) is 1.27. The minimum Gasteiger partial charge on any atom is -0.207 e. The predicted octanol–water partition coefficient (Wildman–Crippen LogP) is 4.16. The number of benzene rings is 1. The summed E-state index contributed by atoms with van der Waals surface area (Å²) in [6, 6.07) is 0. The molecule has 0 saturated carbocycles. The maximum Gasteiger partial charge on any atom is 0.264 e. The molecule has 0 aliphatic heterocycles. The Morgan fingerprint density at radius 2 is 0.833 bits per heavy atom. The van der Waals surface area contributed by atoms with Gasteiger partial charge in [0.15, 0.2) is 0 Å². The molecule has 0 atom stereocenters. The van der Waals surface area contributed by atoms with Gasteiger partial charge in [0, 0.05) is 21.4 Å². The normalized spacial score (nSPS) is 12.8. The van der Waals surface area contributed by atoms with Crippen LogP contribution in [0.4, 0.5) is 0 Å². The van der Waals surface area contributed by atoms with Gasteiger partial charge in [-0.05, 0) is 0 Å². The smallest absolute Gasteiger partial charge is 0.207 e. The summed E-state index contributed by atoms with van der Waals surface area (Å²) < 4.78 is 45.1. The van der Waals surface area contributed by atoms with Crippen molar-refractivity contribution in [2.45, 2.75) is 9.79 Å². The first-order valence-electron chi connectivity index (χ1n) is 3.64. The van der Waals surface area contributed by atoms with Crippen LogP contribution in [0.15, 0.2) is 9.79 Å². The van der Waals surface area contributed by atoms with E-state index in [1.807, 2.05) is 0 Å². The lowest BCUT2D eigenvalue weighted by Gasteiger charge is -2.11. The molecule has 0 heterocycles. The zero-order chi connectivity index (χ0) is 14.5. The lowest BCUT2D eigenvalue weighted by Crippen LogP contribution is -2.02. The van der Waals surface area contributed by atoms with Crippen LogP contribution in [0.3, 0.4) is 0 Å². The molecule has 0 aliphatic carbocycles. The monoisotopic (exact) mass is 410 g/mol. The molecule has 0 unspecified atom stereocenters. The fourth-order valence-corrected chi connectivity index (χ4v) is 5.98. The molecule has 0 aromatic heterocycles. The second-order valence-electron chi connectivity index (χ2n) is 2.79. The Morgan fingerprint density at radius 1 is 0.556 bits per heavy atom. The summed E-state index contributed by atoms with van der Waals surface area (Å²) in [6.07, 6.45) is 0. The molecular weight excluding hydrogens is 413 g/mol. The molecule has 0 radical (unpaired) electrons. The van der Waals surface area contributed by atoms with Crippen molar-refractivity contribution < 1.29 is 16.8 Å². The van der Waals surface area contributed by atoms with Crippen molar-refractivity contribution >= 4 is 85.9 Å². The fraction of sp³-hybridized carbons (Fsp3) is 0. The molecule has 18 heavy (non-hydrogen) atoms. The maximum absolute atomic E-state index is 11.3. The van der Waals surface area contributed by atoms with Crippen molar-refractivity contribution in [2.75, 3.05) is 0 Å². The molecule has 12 heteroatoms. The van der Waals surface area contributed by atoms with E-state index < -0.39 is 48.0 Å². The van der Waals surface area contributed by atoms with Crippen molar-refractivity contribution in [1.29, 1.82) is 0 Å². The third kappa shape index (κ3) is 3.12. The summed E-state index contributed by atoms with van der Waals surface area (Å²) in [5, 5.41) is -2.54. The Labute approximate surface area is 132 Å². The van der Waals surface area contributed by atoms with Crippen LogP contribution >= 0.6 is 67.8 Å². The molecule has 0 saturated heterocycles. The third-order valence-electron chi connectivity index (χ3n) is 1.67. The summed E-state index contributed by atoms with van der Waals surface area (Å²) in [4.78, 5) is -1.75. The first kappa shape index (κ1) is 16.9. The molecule has 1 aromatic carbocycles. The average molecular weight is 413 g/mol. The molecule has 0 spiro atoms. The molecule has 0 fully saturated rings. The van der Waals surface area contributed by atoms with E-state index in [0.29, 0.717) is 0 Å². The second kappa shape index (κ2) is 5.33. The van der Waals surface area contributed by atoms with Crippen molar-refractivity contribution in [1.82, 2.24) is 0 Å². The maximum atomic E-state index is 11.3. The van der Waals surface area contributed by atoms with E-state index in [2.05, 4.69) is 0 Å². The van der Waals surface area contributed by atoms with Crippen LogP contribution < -0.4 is 0 Å². The summed E-state index contributed by atoms with van der Waals surface area (Å²) in [6.45, 7) is 0. The van der Waals surface area contributed by atoms with Crippen LogP contribution in [0.2, 0.25) is 20.1 Å². The van der Waals surface area contributed by atoms with Gasteiger partial charge in [0.25, 0.3) is 18.1 Å². The van der Waals surface area contributed by atoms with Crippen molar-refractivity contribution in [3.05, 3.63) is 20.1 Å².